The summed E-state index contributed by atoms with van der Waals surface area (Å²) in [5.74, 6) is 0.124. The third kappa shape index (κ3) is 5.06. The molecule has 0 aliphatic carbocycles. The zero-order chi connectivity index (χ0) is 28.4. The maximum atomic E-state index is 13.4. The lowest BCUT2D eigenvalue weighted by atomic mass is 10.1. The molecule has 0 atom stereocenters. The third-order valence-corrected chi connectivity index (χ3v) is 8.04. The van der Waals surface area contributed by atoms with Crippen LogP contribution in [0.3, 0.4) is 0 Å². The molecule has 202 valence electrons. The molecule has 5 rings (SSSR count). The minimum absolute atomic E-state index is 0.00207. The second kappa shape index (κ2) is 10.7. The summed E-state index contributed by atoms with van der Waals surface area (Å²) in [5, 5.41) is 12.2. The van der Waals surface area contributed by atoms with Gasteiger partial charge >= 0.3 is 0 Å². The molecule has 0 bridgehead atoms. The van der Waals surface area contributed by atoms with Crippen molar-refractivity contribution in [1.82, 2.24) is 4.57 Å². The number of nitrogens with one attached hydrogen (secondary N) is 1. The van der Waals surface area contributed by atoms with Gasteiger partial charge in [0.05, 0.1) is 34.6 Å². The van der Waals surface area contributed by atoms with Crippen LogP contribution in [0.25, 0.3) is 16.5 Å². The molecule has 0 radical (unpaired) electrons. The van der Waals surface area contributed by atoms with E-state index in [0.717, 1.165) is 11.1 Å². The number of ether oxygens (including phenoxy) is 1. The van der Waals surface area contributed by atoms with Crippen molar-refractivity contribution in [2.45, 2.75) is 18.7 Å². The number of aromatic nitrogens is 1. The monoisotopic (exact) mass is 553 g/mol. The Labute approximate surface area is 231 Å². The molecule has 1 aromatic heterocycles. The number of fused-ring (bicyclic) bond motifs is 1. The molecule has 4 aromatic carbocycles. The second-order valence-electron chi connectivity index (χ2n) is 9.25. The van der Waals surface area contributed by atoms with E-state index in [1.165, 1.54) is 30.0 Å². The van der Waals surface area contributed by atoms with E-state index in [9.17, 15) is 18.3 Å². The molecule has 0 saturated carbocycles. The average Bonchev–Trinajstić information content (AvgIpc) is 2.95. The minimum atomic E-state index is -3.95. The maximum absolute atomic E-state index is 13.4. The minimum Gasteiger partial charge on any atom is -0.495 e. The van der Waals surface area contributed by atoms with Gasteiger partial charge in [0.1, 0.15) is 5.75 Å². The highest BCUT2D eigenvalue weighted by molar-refractivity contribution is 7.92. The summed E-state index contributed by atoms with van der Waals surface area (Å²) in [4.78, 5) is 17.9. The van der Waals surface area contributed by atoms with E-state index in [2.05, 4.69) is 9.71 Å². The zero-order valence-corrected chi connectivity index (χ0v) is 22.9. The van der Waals surface area contributed by atoms with Crippen LogP contribution < -0.4 is 15.0 Å². The van der Waals surface area contributed by atoms with Gasteiger partial charge in [-0.2, -0.15) is 0 Å². The number of anilines is 1. The maximum Gasteiger partial charge on any atom is 0.265 e. The molecule has 0 amide bonds. The van der Waals surface area contributed by atoms with Crippen LogP contribution in [0.2, 0.25) is 0 Å². The molecule has 8 nitrogen and oxygen atoms in total. The van der Waals surface area contributed by atoms with Gasteiger partial charge in [0, 0.05) is 17.0 Å². The fraction of sp³-hybridized carbons (Fsp3) is 0.0968. The van der Waals surface area contributed by atoms with Crippen molar-refractivity contribution in [1.29, 1.82) is 0 Å². The molecule has 1 heterocycles. The number of rotatable bonds is 7. The van der Waals surface area contributed by atoms with Gasteiger partial charge in [-0.1, -0.05) is 42.5 Å². The van der Waals surface area contributed by atoms with Crippen molar-refractivity contribution in [3.63, 3.8) is 0 Å². The smallest absolute Gasteiger partial charge is 0.265 e. The Kier molecular flexibility index (Phi) is 7.15. The van der Waals surface area contributed by atoms with Crippen LogP contribution in [0.1, 0.15) is 16.7 Å². The van der Waals surface area contributed by atoms with E-state index in [0.29, 0.717) is 39.1 Å². The molecule has 0 spiro atoms. The van der Waals surface area contributed by atoms with Gasteiger partial charge in [0.25, 0.3) is 15.6 Å². The molecule has 0 fully saturated rings. The van der Waals surface area contributed by atoms with Gasteiger partial charge in [-0.25, -0.2) is 13.0 Å². The lowest BCUT2D eigenvalue weighted by Gasteiger charge is -2.15. The molecule has 0 saturated heterocycles. The number of benzene rings is 4. The predicted molar refractivity (Wildman–Crippen MR) is 158 cm³/mol. The van der Waals surface area contributed by atoms with Crippen LogP contribution in [-0.4, -0.2) is 31.4 Å². The van der Waals surface area contributed by atoms with Crippen molar-refractivity contribution in [2.75, 3.05) is 11.8 Å². The summed E-state index contributed by atoms with van der Waals surface area (Å²) < 4.78 is 35.3. The van der Waals surface area contributed by atoms with Crippen LogP contribution in [-0.2, 0) is 10.0 Å². The van der Waals surface area contributed by atoms with Gasteiger partial charge in [-0.15, -0.1) is 0 Å². The first-order chi connectivity index (χ1) is 19.2. The Balaban J connectivity index is 1.57. The first kappa shape index (κ1) is 26.7. The van der Waals surface area contributed by atoms with E-state index in [1.807, 2.05) is 26.0 Å². The largest absolute Gasteiger partial charge is 0.495 e. The van der Waals surface area contributed by atoms with Crippen LogP contribution in [0, 0.1) is 13.8 Å². The number of methoxy groups -OCH3 is 1. The van der Waals surface area contributed by atoms with Crippen LogP contribution in [0.5, 0.6) is 11.6 Å². The highest BCUT2D eigenvalue weighted by Crippen LogP contribution is 2.29. The standard InChI is InChI=1S/C31H27N3O5S/c1-20-15-16-23(17-21(20)2)34-30(35)26-12-5-4-11-25(26)27(31(34)36)19-32-22-9-8-10-24(18-22)40(37,38)33-28-13-6-7-14-29(28)39-3/h4-19,33,36H,1-3H3. The lowest BCUT2D eigenvalue weighted by Crippen LogP contribution is -2.20. The zero-order valence-electron chi connectivity index (χ0n) is 22.1. The molecular weight excluding hydrogens is 526 g/mol. The average molecular weight is 554 g/mol. The number of aryl methyl sites for hydroxylation is 2. The summed E-state index contributed by atoms with van der Waals surface area (Å²) in [5.41, 5.74) is 3.19. The normalized spacial score (nSPS) is 11.7. The number of aliphatic imine (C=N–C) groups is 1. The summed E-state index contributed by atoms with van der Waals surface area (Å²) in [6, 6.07) is 25.3. The van der Waals surface area contributed by atoms with E-state index in [1.54, 1.807) is 66.7 Å². The Hall–Kier alpha value is -4.89. The molecule has 5 aromatic rings. The molecule has 0 unspecified atom stereocenters. The van der Waals surface area contributed by atoms with E-state index in [4.69, 9.17) is 4.74 Å². The molecule has 40 heavy (non-hydrogen) atoms. The number of hydrogen-bond acceptors (Lipinski definition) is 6. The first-order valence-corrected chi connectivity index (χ1v) is 13.9. The number of nitrogens with zero attached hydrogens (tertiary/aromatic N) is 2. The lowest BCUT2D eigenvalue weighted by molar-refractivity contribution is 0.417. The van der Waals surface area contributed by atoms with E-state index >= 15 is 0 Å². The van der Waals surface area contributed by atoms with Gasteiger partial charge < -0.3 is 9.84 Å². The molecule has 0 aliphatic heterocycles. The number of hydrogen-bond donors (Lipinski definition) is 2. The van der Waals surface area contributed by atoms with Crippen molar-refractivity contribution < 1.29 is 18.3 Å². The van der Waals surface area contributed by atoms with Gasteiger partial charge in [0.15, 0.2) is 0 Å². The number of sulfonamides is 1. The van der Waals surface area contributed by atoms with E-state index < -0.39 is 10.0 Å². The van der Waals surface area contributed by atoms with Crippen molar-refractivity contribution in [3.8, 4) is 17.3 Å². The molecule has 9 heteroatoms. The topological polar surface area (TPSA) is 110 Å². The number of pyridine rings is 1. The molecular formula is C31H27N3O5S. The Morgan fingerprint density at radius 3 is 2.35 bits per heavy atom. The van der Waals surface area contributed by atoms with Crippen LogP contribution in [0.4, 0.5) is 11.4 Å². The van der Waals surface area contributed by atoms with Crippen LogP contribution in [0.15, 0.2) is 106 Å². The number of aromatic hydroxyl groups is 1. The first-order valence-electron chi connectivity index (χ1n) is 12.4. The molecule has 0 aliphatic rings. The quantitative estimate of drug-likeness (QED) is 0.245. The van der Waals surface area contributed by atoms with E-state index in [-0.39, 0.29) is 16.3 Å². The Bertz CT molecular complexity index is 1950. The Morgan fingerprint density at radius 2 is 1.60 bits per heavy atom. The summed E-state index contributed by atoms with van der Waals surface area (Å²) in [7, 11) is -2.49. The fourth-order valence-corrected chi connectivity index (χ4v) is 5.51. The second-order valence-corrected chi connectivity index (χ2v) is 10.9. The SMILES string of the molecule is COc1ccccc1NS(=O)(=O)c1cccc(N=Cc2c(O)n(-c3ccc(C)c(C)c3)c(=O)c3ccccc23)c1. The highest BCUT2D eigenvalue weighted by atomic mass is 32.2. The van der Waals surface area contributed by atoms with Crippen molar-refractivity contribution in [3.05, 3.63) is 118 Å². The summed E-state index contributed by atoms with van der Waals surface area (Å²) in [6.07, 6.45) is 1.44. The van der Waals surface area contributed by atoms with Gasteiger partial charge in [-0.05, 0) is 73.5 Å². The predicted octanol–water partition coefficient (Wildman–Crippen LogP) is 5.87. The Morgan fingerprint density at radius 1 is 0.875 bits per heavy atom. The van der Waals surface area contributed by atoms with Crippen molar-refractivity contribution >= 4 is 38.4 Å². The van der Waals surface area contributed by atoms with Crippen molar-refractivity contribution in [2.24, 2.45) is 4.99 Å². The van der Waals surface area contributed by atoms with Gasteiger partial charge in [0.2, 0.25) is 5.88 Å². The fourth-order valence-electron chi connectivity index (χ4n) is 4.40. The molecule has 2 N–H and O–H groups in total. The van der Waals surface area contributed by atoms with Crippen LogP contribution >= 0.6 is 0 Å². The number of para-hydroxylation sites is 2. The summed E-state index contributed by atoms with van der Waals surface area (Å²) in [6.45, 7) is 3.91. The van der Waals surface area contributed by atoms with Gasteiger partial charge in [-0.3, -0.25) is 14.5 Å². The summed E-state index contributed by atoms with van der Waals surface area (Å²) >= 11 is 0. The highest BCUT2D eigenvalue weighted by Gasteiger charge is 2.18. The third-order valence-electron chi connectivity index (χ3n) is 6.67.